The minimum absolute atomic E-state index is 0.0569. The monoisotopic (exact) mass is 277 g/mol. The van der Waals surface area contributed by atoms with Gasteiger partial charge in [-0.1, -0.05) is 12.1 Å². The third-order valence-electron chi connectivity index (χ3n) is 2.58. The predicted octanol–water partition coefficient (Wildman–Crippen LogP) is 2.08. The Balaban J connectivity index is 2.38. The average Bonchev–Trinajstić information content (AvgIpc) is 2.27. The summed E-state index contributed by atoms with van der Waals surface area (Å²) in [5.41, 5.74) is 7.61. The third kappa shape index (κ3) is 3.03. The Morgan fingerprint density at radius 2 is 1.89 bits per heavy atom. The molecule has 6 heteroatoms. The number of nitrogens with zero attached hydrogens (tertiary/aromatic N) is 1. The number of hydrogen-bond acceptors (Lipinski definition) is 4. The minimum Gasteiger partial charge on any atom is -0.398 e. The van der Waals surface area contributed by atoms with Gasteiger partial charge in [0.25, 0.3) is 10.0 Å². The van der Waals surface area contributed by atoms with E-state index < -0.39 is 10.0 Å². The first-order valence-electron chi connectivity index (χ1n) is 5.71. The van der Waals surface area contributed by atoms with Crippen LogP contribution in [0.25, 0.3) is 0 Å². The molecule has 100 valence electrons. The van der Waals surface area contributed by atoms with Crippen LogP contribution in [0.3, 0.4) is 0 Å². The molecule has 0 spiro atoms. The molecule has 5 nitrogen and oxygen atoms in total. The lowest BCUT2D eigenvalue weighted by Crippen LogP contribution is -2.15. The van der Waals surface area contributed by atoms with Crippen molar-refractivity contribution in [3.63, 3.8) is 0 Å². The van der Waals surface area contributed by atoms with E-state index in [9.17, 15) is 8.42 Å². The van der Waals surface area contributed by atoms with Crippen molar-refractivity contribution in [1.82, 2.24) is 4.98 Å². The van der Waals surface area contributed by atoms with E-state index >= 15 is 0 Å². The van der Waals surface area contributed by atoms with Crippen molar-refractivity contribution in [2.24, 2.45) is 0 Å². The zero-order chi connectivity index (χ0) is 14.0. The van der Waals surface area contributed by atoms with Crippen LogP contribution in [0.4, 0.5) is 11.5 Å². The van der Waals surface area contributed by atoms with Gasteiger partial charge in [-0.2, -0.15) is 0 Å². The maximum Gasteiger partial charge on any atom is 0.265 e. The van der Waals surface area contributed by atoms with Gasteiger partial charge in [0.2, 0.25) is 0 Å². The van der Waals surface area contributed by atoms with Crippen molar-refractivity contribution in [3.8, 4) is 0 Å². The molecule has 3 N–H and O–H groups in total. The zero-order valence-corrected chi connectivity index (χ0v) is 11.5. The summed E-state index contributed by atoms with van der Waals surface area (Å²) in [5.74, 6) is 0.278. The Bertz CT molecular complexity index is 712. The first-order chi connectivity index (χ1) is 8.88. The molecule has 0 aliphatic carbocycles. The smallest absolute Gasteiger partial charge is 0.265 e. The molecule has 1 aromatic heterocycles. The Kier molecular flexibility index (Phi) is 3.44. The van der Waals surface area contributed by atoms with Gasteiger partial charge in [0, 0.05) is 5.69 Å². The Morgan fingerprint density at radius 3 is 2.53 bits per heavy atom. The number of rotatable bonds is 3. The van der Waals surface area contributed by atoms with Gasteiger partial charge in [-0.25, -0.2) is 13.4 Å². The number of nitrogens with one attached hydrogen (secondary N) is 1. The number of aromatic nitrogens is 1. The molecule has 19 heavy (non-hydrogen) atoms. The van der Waals surface area contributed by atoms with E-state index in [1.165, 1.54) is 6.07 Å². The Hall–Kier alpha value is -2.08. The SMILES string of the molecule is Cc1ccc(S(=O)(=O)Nc2cccc(C)n2)c(N)c1. The summed E-state index contributed by atoms with van der Waals surface area (Å²) in [7, 11) is -3.72. The van der Waals surface area contributed by atoms with Crippen LogP contribution in [-0.4, -0.2) is 13.4 Å². The maximum atomic E-state index is 12.2. The fraction of sp³-hybridized carbons (Fsp3) is 0.154. The van der Waals surface area contributed by atoms with Crippen molar-refractivity contribution in [2.75, 3.05) is 10.5 Å². The van der Waals surface area contributed by atoms with Crippen molar-refractivity contribution in [1.29, 1.82) is 0 Å². The highest BCUT2D eigenvalue weighted by Crippen LogP contribution is 2.21. The number of benzene rings is 1. The predicted molar refractivity (Wildman–Crippen MR) is 75.4 cm³/mol. The van der Waals surface area contributed by atoms with Crippen LogP contribution in [0, 0.1) is 13.8 Å². The second-order valence-corrected chi connectivity index (χ2v) is 5.96. The fourth-order valence-electron chi connectivity index (χ4n) is 1.71. The number of pyridine rings is 1. The van der Waals surface area contributed by atoms with Gasteiger partial charge in [0.15, 0.2) is 0 Å². The molecule has 2 rings (SSSR count). The fourth-order valence-corrected chi connectivity index (χ4v) is 2.82. The molecule has 0 saturated carbocycles. The molecule has 0 fully saturated rings. The van der Waals surface area contributed by atoms with Crippen molar-refractivity contribution in [2.45, 2.75) is 18.7 Å². The van der Waals surface area contributed by atoms with Crippen LogP contribution >= 0.6 is 0 Å². The topological polar surface area (TPSA) is 85.1 Å². The first kappa shape index (κ1) is 13.4. The molecule has 0 amide bonds. The van der Waals surface area contributed by atoms with E-state index in [4.69, 9.17) is 5.73 Å². The molecule has 0 saturated heterocycles. The van der Waals surface area contributed by atoms with Gasteiger partial charge >= 0.3 is 0 Å². The largest absolute Gasteiger partial charge is 0.398 e. The summed E-state index contributed by atoms with van der Waals surface area (Å²) >= 11 is 0. The molecule has 0 atom stereocenters. The summed E-state index contributed by atoms with van der Waals surface area (Å²) in [5, 5.41) is 0. The lowest BCUT2D eigenvalue weighted by atomic mass is 10.2. The van der Waals surface area contributed by atoms with E-state index in [-0.39, 0.29) is 16.4 Å². The zero-order valence-electron chi connectivity index (χ0n) is 10.7. The third-order valence-corrected chi connectivity index (χ3v) is 4.01. The second kappa shape index (κ2) is 4.89. The lowest BCUT2D eigenvalue weighted by Gasteiger charge is -2.10. The second-order valence-electron chi connectivity index (χ2n) is 4.31. The molecule has 0 radical (unpaired) electrons. The van der Waals surface area contributed by atoms with E-state index in [0.717, 1.165) is 11.3 Å². The first-order valence-corrected chi connectivity index (χ1v) is 7.19. The lowest BCUT2D eigenvalue weighted by molar-refractivity contribution is 0.601. The summed E-state index contributed by atoms with van der Waals surface area (Å²) in [6.45, 7) is 3.64. The standard InChI is InChI=1S/C13H15N3O2S/c1-9-6-7-12(11(14)8-9)19(17,18)16-13-5-3-4-10(2)15-13/h3-8H,14H2,1-2H3,(H,15,16). The molecule has 0 unspecified atom stereocenters. The molecule has 1 heterocycles. The van der Waals surface area contributed by atoms with Crippen LogP contribution in [0.5, 0.6) is 0 Å². The van der Waals surface area contributed by atoms with E-state index in [0.29, 0.717) is 0 Å². The molecule has 0 aliphatic heterocycles. The van der Waals surface area contributed by atoms with Gasteiger partial charge in [-0.15, -0.1) is 0 Å². The van der Waals surface area contributed by atoms with Crippen LogP contribution in [0.15, 0.2) is 41.3 Å². The van der Waals surface area contributed by atoms with E-state index in [1.807, 2.05) is 6.92 Å². The Morgan fingerprint density at radius 1 is 1.16 bits per heavy atom. The normalized spacial score (nSPS) is 11.3. The Labute approximate surface area is 112 Å². The summed E-state index contributed by atoms with van der Waals surface area (Å²) in [6, 6.07) is 9.93. The molecule has 2 aromatic rings. The van der Waals surface area contributed by atoms with Crippen LogP contribution < -0.4 is 10.5 Å². The summed E-state index contributed by atoms with van der Waals surface area (Å²) in [6.07, 6.45) is 0. The van der Waals surface area contributed by atoms with Crippen LogP contribution in [0.1, 0.15) is 11.3 Å². The highest BCUT2D eigenvalue weighted by atomic mass is 32.2. The quantitative estimate of drug-likeness (QED) is 0.841. The number of nitrogen functional groups attached to an aromatic ring is 1. The molecular weight excluding hydrogens is 262 g/mol. The van der Waals surface area contributed by atoms with Crippen molar-refractivity contribution < 1.29 is 8.42 Å². The van der Waals surface area contributed by atoms with Crippen molar-refractivity contribution in [3.05, 3.63) is 47.7 Å². The van der Waals surface area contributed by atoms with Gasteiger partial charge < -0.3 is 5.73 Å². The average molecular weight is 277 g/mol. The summed E-state index contributed by atoms with van der Waals surface area (Å²) < 4.78 is 26.8. The number of hydrogen-bond donors (Lipinski definition) is 2. The van der Waals surface area contributed by atoms with Crippen molar-refractivity contribution >= 4 is 21.5 Å². The van der Waals surface area contributed by atoms with Gasteiger partial charge in [-0.3, -0.25) is 4.72 Å². The minimum atomic E-state index is -3.72. The number of nitrogens with two attached hydrogens (primary N) is 1. The maximum absolute atomic E-state index is 12.2. The highest BCUT2D eigenvalue weighted by Gasteiger charge is 2.17. The van der Waals surface area contributed by atoms with Gasteiger partial charge in [-0.05, 0) is 43.7 Å². The number of aryl methyl sites for hydroxylation is 2. The van der Waals surface area contributed by atoms with E-state index in [2.05, 4.69) is 9.71 Å². The molecular formula is C13H15N3O2S. The van der Waals surface area contributed by atoms with Gasteiger partial charge in [0.05, 0.1) is 5.69 Å². The van der Waals surface area contributed by atoms with Crippen LogP contribution in [0.2, 0.25) is 0 Å². The molecule has 0 aliphatic rings. The van der Waals surface area contributed by atoms with E-state index in [1.54, 1.807) is 37.3 Å². The highest BCUT2D eigenvalue weighted by molar-refractivity contribution is 7.92. The summed E-state index contributed by atoms with van der Waals surface area (Å²) in [4.78, 5) is 4.16. The van der Waals surface area contributed by atoms with Crippen LogP contribution in [-0.2, 0) is 10.0 Å². The molecule has 0 bridgehead atoms. The molecule has 1 aromatic carbocycles. The van der Waals surface area contributed by atoms with Gasteiger partial charge in [0.1, 0.15) is 10.7 Å². The number of anilines is 2. The number of sulfonamides is 1.